The molecule has 0 saturated heterocycles. The first kappa shape index (κ1) is 45.0. The lowest BCUT2D eigenvalue weighted by atomic mass is 9.84. The summed E-state index contributed by atoms with van der Waals surface area (Å²) in [6, 6.07) is 11.8. The van der Waals surface area contributed by atoms with Gasteiger partial charge in [-0.25, -0.2) is 9.59 Å². The van der Waals surface area contributed by atoms with Gasteiger partial charge in [-0.15, -0.1) is 0 Å². The number of para-hydroxylation sites is 1. The molecule has 1 heterocycles. The van der Waals surface area contributed by atoms with E-state index < -0.39 is 49.2 Å². The summed E-state index contributed by atoms with van der Waals surface area (Å²) in [5, 5.41) is 17.6. The van der Waals surface area contributed by atoms with Crippen LogP contribution in [0.4, 0.5) is 15.3 Å². The molecule has 1 saturated carbocycles. The van der Waals surface area contributed by atoms with Crippen LogP contribution in [-0.4, -0.2) is 83.8 Å². The maximum atomic E-state index is 14.2. The van der Waals surface area contributed by atoms with Gasteiger partial charge in [-0.05, 0) is 82.7 Å². The number of carbonyl (C=O) groups excluding carboxylic acids is 4. The van der Waals surface area contributed by atoms with Crippen molar-refractivity contribution < 1.29 is 47.4 Å². The van der Waals surface area contributed by atoms with Crippen LogP contribution in [0, 0.1) is 5.92 Å². The van der Waals surface area contributed by atoms with E-state index >= 15 is 0 Å². The van der Waals surface area contributed by atoms with Crippen LogP contribution in [-0.2, 0) is 45.8 Å². The van der Waals surface area contributed by atoms with Gasteiger partial charge in [-0.1, -0.05) is 74.0 Å². The number of rotatable bonds is 16. The lowest BCUT2D eigenvalue weighted by Gasteiger charge is -2.32. The van der Waals surface area contributed by atoms with E-state index in [9.17, 15) is 28.8 Å². The Morgan fingerprint density at radius 3 is 2.32 bits per heavy atom. The number of anilines is 1. The van der Waals surface area contributed by atoms with Gasteiger partial charge >= 0.3 is 19.8 Å². The molecule has 1 fully saturated rings. The van der Waals surface area contributed by atoms with Crippen molar-refractivity contribution >= 4 is 48.9 Å². The van der Waals surface area contributed by atoms with Crippen LogP contribution < -0.4 is 15.5 Å². The molecular weight excluding hydrogens is 763 g/mol. The predicted molar refractivity (Wildman–Crippen MR) is 213 cm³/mol. The molecule has 4 amide bonds. The van der Waals surface area contributed by atoms with Gasteiger partial charge in [0.1, 0.15) is 18.2 Å². The highest BCUT2D eigenvalue weighted by Gasteiger charge is 2.42. The van der Waals surface area contributed by atoms with E-state index in [1.807, 2.05) is 12.1 Å². The molecule has 2 aliphatic rings. The normalized spacial score (nSPS) is 16.8. The summed E-state index contributed by atoms with van der Waals surface area (Å²) in [5.74, 6) is -2.68. The van der Waals surface area contributed by atoms with Crippen molar-refractivity contribution in [3.8, 4) is 0 Å². The fourth-order valence-corrected chi connectivity index (χ4v) is 8.96. The number of nitrogens with zero attached hydrogens (tertiary/aromatic N) is 2. The summed E-state index contributed by atoms with van der Waals surface area (Å²) in [6.07, 6.45) is 3.52. The zero-order valence-corrected chi connectivity index (χ0v) is 34.8. The third-order valence-corrected chi connectivity index (χ3v) is 12.1. The van der Waals surface area contributed by atoms with Crippen LogP contribution in [0.1, 0.15) is 97.1 Å². The van der Waals surface area contributed by atoms with Gasteiger partial charge < -0.3 is 44.1 Å². The van der Waals surface area contributed by atoms with E-state index in [0.29, 0.717) is 22.7 Å². The molecular formula is C40H58ClN4O10P. The van der Waals surface area contributed by atoms with Gasteiger partial charge in [0, 0.05) is 30.2 Å². The molecule has 1 aliphatic carbocycles. The zero-order valence-electron chi connectivity index (χ0n) is 33.2. The molecule has 14 nitrogen and oxygen atoms in total. The number of nitrogens with one attached hydrogen (secondary N) is 2. The summed E-state index contributed by atoms with van der Waals surface area (Å²) in [4.78, 5) is 57.5. The largest absolute Gasteiger partial charge is 0.445 e. The van der Waals surface area contributed by atoms with Crippen molar-refractivity contribution in [1.82, 2.24) is 15.5 Å². The van der Waals surface area contributed by atoms with Crippen molar-refractivity contribution in [1.29, 1.82) is 0 Å². The third kappa shape index (κ3) is 13.5. The Bertz CT molecular complexity index is 1670. The SMILES string of the molecule is CCOP(=O)(OCC)C(O)[C@H](CCC(=O)N1CCN(C(=O)OC(C)(C)C)Cc2ccccc21)NC(=O)C(CC1CCCCC1)NC(=O)OCc1cccc(Cl)c1. The summed E-state index contributed by atoms with van der Waals surface area (Å²) >= 11 is 6.09. The number of alkyl carbamates (subject to hydrolysis) is 1. The van der Waals surface area contributed by atoms with Gasteiger partial charge in [-0.3, -0.25) is 14.2 Å². The summed E-state index contributed by atoms with van der Waals surface area (Å²) in [5.41, 5.74) is 1.32. The lowest BCUT2D eigenvalue weighted by molar-refractivity contribution is -0.125. The molecule has 0 bridgehead atoms. The quantitative estimate of drug-likeness (QED) is 0.144. The first-order chi connectivity index (χ1) is 26.6. The van der Waals surface area contributed by atoms with Crippen LogP contribution in [0.2, 0.25) is 5.02 Å². The highest BCUT2D eigenvalue weighted by molar-refractivity contribution is 7.54. The standard InChI is InChI=1S/C40H58ClN4O10P/c1-6-53-56(51,54-7-2)37(48)32(20-21-35(46)45-23-22-44(39(50)55-40(3,4)5)26-30-17-11-12-19-34(30)45)42-36(47)33(25-28-14-9-8-10-15-28)43-38(49)52-27-29-16-13-18-31(41)24-29/h11-13,16-19,24,28,32-33,37,48H,6-10,14-15,20-23,25-27H2,1-5H3,(H,42,47)(H,43,49)/t32-,33?,37?/m0/s1. The molecule has 2 aromatic carbocycles. The Balaban J connectivity index is 1.55. The molecule has 3 atom stereocenters. The van der Waals surface area contributed by atoms with E-state index in [2.05, 4.69) is 10.6 Å². The second-order valence-electron chi connectivity index (χ2n) is 15.2. The van der Waals surface area contributed by atoms with Crippen molar-refractivity contribution in [2.75, 3.05) is 31.2 Å². The Labute approximate surface area is 335 Å². The van der Waals surface area contributed by atoms with Gasteiger partial charge in [0.05, 0.1) is 25.8 Å². The molecule has 0 aromatic heterocycles. The Morgan fingerprint density at radius 1 is 0.964 bits per heavy atom. The van der Waals surface area contributed by atoms with Gasteiger partial charge in [0.15, 0.2) is 5.85 Å². The number of hydrogen-bond donors (Lipinski definition) is 3. The second-order valence-corrected chi connectivity index (χ2v) is 17.7. The van der Waals surface area contributed by atoms with Gasteiger partial charge in [0.2, 0.25) is 11.8 Å². The molecule has 0 spiro atoms. The number of aliphatic hydroxyl groups is 1. The number of halogens is 1. The maximum Gasteiger partial charge on any atom is 0.410 e. The van der Waals surface area contributed by atoms with Crippen molar-refractivity contribution in [3.05, 3.63) is 64.7 Å². The van der Waals surface area contributed by atoms with E-state index in [4.69, 9.17) is 30.1 Å². The van der Waals surface area contributed by atoms with Crippen LogP contribution >= 0.6 is 19.2 Å². The molecule has 16 heteroatoms. The minimum atomic E-state index is -4.22. The van der Waals surface area contributed by atoms with Crippen LogP contribution in [0.25, 0.3) is 0 Å². The van der Waals surface area contributed by atoms with E-state index in [1.54, 1.807) is 80.8 Å². The highest BCUT2D eigenvalue weighted by atomic mass is 35.5. The van der Waals surface area contributed by atoms with Gasteiger partial charge in [-0.2, -0.15) is 0 Å². The number of fused-ring (bicyclic) bond motifs is 1. The number of amides is 4. The molecule has 2 aromatic rings. The highest BCUT2D eigenvalue weighted by Crippen LogP contribution is 2.53. The molecule has 0 radical (unpaired) electrons. The Hall–Kier alpha value is -3.68. The fourth-order valence-electron chi connectivity index (χ4n) is 6.99. The number of ether oxygens (including phenoxy) is 2. The van der Waals surface area contributed by atoms with Crippen molar-refractivity contribution in [3.63, 3.8) is 0 Å². The minimum absolute atomic E-state index is 0.0447. The average Bonchev–Trinajstić information content (AvgIpc) is 3.35. The Morgan fingerprint density at radius 2 is 1.66 bits per heavy atom. The maximum absolute atomic E-state index is 14.2. The molecule has 2 unspecified atom stereocenters. The number of carbonyl (C=O) groups is 4. The fraction of sp³-hybridized carbons (Fsp3) is 0.600. The molecule has 1 aliphatic heterocycles. The number of benzene rings is 2. The monoisotopic (exact) mass is 820 g/mol. The molecule has 4 rings (SSSR count). The van der Waals surface area contributed by atoms with Crippen molar-refractivity contribution in [2.24, 2.45) is 5.92 Å². The first-order valence-electron chi connectivity index (χ1n) is 19.5. The minimum Gasteiger partial charge on any atom is -0.445 e. The smallest absolute Gasteiger partial charge is 0.410 e. The van der Waals surface area contributed by atoms with Gasteiger partial charge in [0.25, 0.3) is 0 Å². The van der Waals surface area contributed by atoms with E-state index in [1.165, 1.54) is 0 Å². The molecule has 310 valence electrons. The van der Waals surface area contributed by atoms with Crippen LogP contribution in [0.5, 0.6) is 0 Å². The second kappa shape index (κ2) is 21.2. The zero-order chi connectivity index (χ0) is 40.9. The lowest BCUT2D eigenvalue weighted by Crippen LogP contribution is -2.53. The van der Waals surface area contributed by atoms with E-state index in [-0.39, 0.29) is 64.1 Å². The topological polar surface area (TPSA) is 173 Å². The summed E-state index contributed by atoms with van der Waals surface area (Å²) < 4.78 is 35.9. The van der Waals surface area contributed by atoms with Crippen LogP contribution in [0.15, 0.2) is 48.5 Å². The van der Waals surface area contributed by atoms with Crippen LogP contribution in [0.3, 0.4) is 0 Å². The number of hydrogen-bond acceptors (Lipinski definition) is 10. The first-order valence-corrected chi connectivity index (χ1v) is 21.5. The van der Waals surface area contributed by atoms with Crippen molar-refractivity contribution in [2.45, 2.75) is 123 Å². The van der Waals surface area contributed by atoms with E-state index in [0.717, 1.165) is 37.7 Å². The molecule has 56 heavy (non-hydrogen) atoms. The Kier molecular flexibility index (Phi) is 17.0. The average molecular weight is 821 g/mol. The predicted octanol–water partition coefficient (Wildman–Crippen LogP) is 7.54. The number of aliphatic hydroxyl groups excluding tert-OH is 1. The summed E-state index contributed by atoms with van der Waals surface area (Å²) in [6.45, 7) is 8.99. The molecule has 3 N–H and O–H groups in total. The summed E-state index contributed by atoms with van der Waals surface area (Å²) in [7, 11) is -4.22. The third-order valence-electron chi connectivity index (χ3n) is 9.65.